The molecule has 1 aliphatic rings. The van der Waals surface area contributed by atoms with E-state index in [0.717, 1.165) is 48.1 Å². The van der Waals surface area contributed by atoms with Gasteiger partial charge in [0.2, 0.25) is 11.8 Å². The quantitative estimate of drug-likeness (QED) is 0.834. The molecule has 2 N–H and O–H groups in total. The van der Waals surface area contributed by atoms with Crippen molar-refractivity contribution in [1.29, 1.82) is 0 Å². The van der Waals surface area contributed by atoms with Crippen LogP contribution >= 0.6 is 11.6 Å². The Morgan fingerprint density at radius 3 is 2.16 bits per heavy atom. The largest absolute Gasteiger partial charge is 0.494 e. The molecular weight excluding hydrogens is 262 g/mol. The Bertz CT molecular complexity index is 617. The molecule has 1 aromatic carbocycles. The molecule has 0 saturated carbocycles. The topological polar surface area (TPSA) is 45.4 Å². The SMILES string of the molecule is Cc1cc(-n2c(O)c3c(c2O)CCCC3)ccc1Cl. The number of hydrogen-bond acceptors (Lipinski definition) is 2. The zero-order valence-corrected chi connectivity index (χ0v) is 11.5. The number of aryl methyl sites for hydroxylation is 1. The van der Waals surface area contributed by atoms with E-state index in [0.29, 0.717) is 5.02 Å². The Morgan fingerprint density at radius 1 is 1.05 bits per heavy atom. The van der Waals surface area contributed by atoms with E-state index in [1.165, 1.54) is 4.57 Å². The maximum absolute atomic E-state index is 10.3. The zero-order valence-electron chi connectivity index (χ0n) is 10.8. The lowest BCUT2D eigenvalue weighted by molar-refractivity contribution is 0.399. The molecule has 0 saturated heterocycles. The van der Waals surface area contributed by atoms with Crippen molar-refractivity contribution in [2.75, 3.05) is 0 Å². The van der Waals surface area contributed by atoms with Crippen LogP contribution in [0.15, 0.2) is 18.2 Å². The highest BCUT2D eigenvalue weighted by molar-refractivity contribution is 6.31. The van der Waals surface area contributed by atoms with Crippen molar-refractivity contribution in [3.05, 3.63) is 39.9 Å². The van der Waals surface area contributed by atoms with Gasteiger partial charge in [0.15, 0.2) is 0 Å². The molecule has 1 heterocycles. The molecule has 0 radical (unpaired) electrons. The lowest BCUT2D eigenvalue weighted by atomic mass is 9.95. The van der Waals surface area contributed by atoms with Crippen LogP contribution < -0.4 is 0 Å². The van der Waals surface area contributed by atoms with Crippen molar-refractivity contribution < 1.29 is 10.2 Å². The first kappa shape index (κ1) is 12.4. The Kier molecular flexibility index (Phi) is 2.94. The summed E-state index contributed by atoms with van der Waals surface area (Å²) >= 11 is 6.01. The van der Waals surface area contributed by atoms with Gasteiger partial charge >= 0.3 is 0 Å². The maximum Gasteiger partial charge on any atom is 0.202 e. The standard InChI is InChI=1S/C15H16ClNO2/c1-9-8-10(6-7-13(9)16)17-14(18)11-4-2-3-5-12(11)15(17)19/h6-8,18-19H,2-5H2,1H3. The van der Waals surface area contributed by atoms with Crippen LogP contribution in [0.4, 0.5) is 0 Å². The van der Waals surface area contributed by atoms with E-state index in [9.17, 15) is 10.2 Å². The molecule has 0 aliphatic heterocycles. The molecule has 2 aromatic rings. The fourth-order valence-corrected chi connectivity index (χ4v) is 2.90. The molecule has 0 unspecified atom stereocenters. The Morgan fingerprint density at radius 2 is 1.63 bits per heavy atom. The van der Waals surface area contributed by atoms with Crippen molar-refractivity contribution in [3.63, 3.8) is 0 Å². The first-order valence-corrected chi connectivity index (χ1v) is 6.88. The first-order valence-electron chi connectivity index (χ1n) is 6.50. The van der Waals surface area contributed by atoms with Crippen molar-refractivity contribution in [2.45, 2.75) is 32.6 Å². The number of nitrogens with zero attached hydrogens (tertiary/aromatic N) is 1. The third kappa shape index (κ3) is 1.89. The van der Waals surface area contributed by atoms with Crippen molar-refractivity contribution in [1.82, 2.24) is 4.57 Å². The molecule has 100 valence electrons. The molecule has 0 spiro atoms. The molecule has 3 rings (SSSR count). The molecule has 0 amide bonds. The van der Waals surface area contributed by atoms with Crippen LogP contribution in [0.1, 0.15) is 29.5 Å². The van der Waals surface area contributed by atoms with Crippen LogP contribution in [0, 0.1) is 6.92 Å². The normalized spacial score (nSPS) is 14.4. The molecule has 1 aliphatic carbocycles. The molecule has 4 heteroatoms. The van der Waals surface area contributed by atoms with Gasteiger partial charge in [0.1, 0.15) is 0 Å². The molecule has 0 fully saturated rings. The number of fused-ring (bicyclic) bond motifs is 1. The van der Waals surface area contributed by atoms with Gasteiger partial charge < -0.3 is 10.2 Å². The molecule has 0 bridgehead atoms. The third-order valence-corrected chi connectivity index (χ3v) is 4.26. The lowest BCUT2D eigenvalue weighted by Gasteiger charge is -2.09. The van der Waals surface area contributed by atoms with Crippen LogP contribution in [0.2, 0.25) is 5.02 Å². The lowest BCUT2D eigenvalue weighted by Crippen LogP contribution is -1.98. The fourth-order valence-electron chi connectivity index (χ4n) is 2.78. The summed E-state index contributed by atoms with van der Waals surface area (Å²) in [6, 6.07) is 5.46. The average Bonchev–Trinajstić information content (AvgIpc) is 2.66. The number of rotatable bonds is 1. The highest BCUT2D eigenvalue weighted by Crippen LogP contribution is 2.41. The van der Waals surface area contributed by atoms with Crippen LogP contribution in [0.5, 0.6) is 11.8 Å². The number of hydrogen-bond donors (Lipinski definition) is 2. The Labute approximate surface area is 117 Å². The van der Waals surface area contributed by atoms with Gasteiger partial charge in [-0.25, -0.2) is 0 Å². The number of halogens is 1. The number of aromatic hydroxyl groups is 2. The van der Waals surface area contributed by atoms with E-state index in [2.05, 4.69) is 0 Å². The minimum Gasteiger partial charge on any atom is -0.494 e. The van der Waals surface area contributed by atoms with Crippen LogP contribution in [0.3, 0.4) is 0 Å². The van der Waals surface area contributed by atoms with Crippen molar-refractivity contribution >= 4 is 11.6 Å². The Balaban J connectivity index is 2.19. The van der Waals surface area contributed by atoms with Crippen LogP contribution in [-0.2, 0) is 12.8 Å². The molecule has 0 atom stereocenters. The zero-order chi connectivity index (χ0) is 13.6. The second kappa shape index (κ2) is 4.49. The van der Waals surface area contributed by atoms with E-state index in [1.807, 2.05) is 13.0 Å². The van der Waals surface area contributed by atoms with Gasteiger partial charge in [-0.05, 0) is 56.4 Å². The van der Waals surface area contributed by atoms with Gasteiger partial charge in [0, 0.05) is 16.1 Å². The van der Waals surface area contributed by atoms with E-state index in [-0.39, 0.29) is 11.8 Å². The van der Waals surface area contributed by atoms with E-state index in [4.69, 9.17) is 11.6 Å². The van der Waals surface area contributed by atoms with Crippen LogP contribution in [0.25, 0.3) is 5.69 Å². The first-order chi connectivity index (χ1) is 9.09. The van der Waals surface area contributed by atoms with E-state index in [1.54, 1.807) is 12.1 Å². The summed E-state index contributed by atoms with van der Waals surface area (Å²) in [4.78, 5) is 0. The van der Waals surface area contributed by atoms with Crippen molar-refractivity contribution in [2.24, 2.45) is 0 Å². The van der Waals surface area contributed by atoms with Crippen molar-refractivity contribution in [3.8, 4) is 17.4 Å². The highest BCUT2D eigenvalue weighted by atomic mass is 35.5. The minimum atomic E-state index is 0.161. The number of aromatic nitrogens is 1. The minimum absolute atomic E-state index is 0.161. The fraction of sp³-hybridized carbons (Fsp3) is 0.333. The summed E-state index contributed by atoms with van der Waals surface area (Å²) in [6.07, 6.45) is 3.77. The summed E-state index contributed by atoms with van der Waals surface area (Å²) in [7, 11) is 0. The van der Waals surface area contributed by atoms with Gasteiger partial charge in [-0.1, -0.05) is 11.6 Å². The smallest absolute Gasteiger partial charge is 0.202 e. The monoisotopic (exact) mass is 277 g/mol. The summed E-state index contributed by atoms with van der Waals surface area (Å²) in [5, 5.41) is 21.4. The predicted molar refractivity (Wildman–Crippen MR) is 75.5 cm³/mol. The molecule has 3 nitrogen and oxygen atoms in total. The van der Waals surface area contributed by atoms with Gasteiger partial charge in [-0.2, -0.15) is 0 Å². The van der Waals surface area contributed by atoms with E-state index >= 15 is 0 Å². The van der Waals surface area contributed by atoms with Gasteiger partial charge in [-0.3, -0.25) is 4.57 Å². The second-order valence-corrected chi connectivity index (χ2v) is 5.49. The average molecular weight is 278 g/mol. The van der Waals surface area contributed by atoms with Gasteiger partial charge in [0.05, 0.1) is 5.69 Å². The highest BCUT2D eigenvalue weighted by Gasteiger charge is 2.25. The summed E-state index contributed by atoms with van der Waals surface area (Å²) in [6.45, 7) is 1.91. The number of benzene rings is 1. The van der Waals surface area contributed by atoms with Crippen LogP contribution in [-0.4, -0.2) is 14.8 Å². The third-order valence-electron chi connectivity index (χ3n) is 3.83. The Hall–Kier alpha value is -1.61. The second-order valence-electron chi connectivity index (χ2n) is 5.08. The summed E-state index contributed by atoms with van der Waals surface area (Å²) in [5.74, 6) is 0.322. The molecule has 19 heavy (non-hydrogen) atoms. The van der Waals surface area contributed by atoms with Gasteiger partial charge in [0.25, 0.3) is 0 Å². The molecular formula is C15H16ClNO2. The summed E-state index contributed by atoms with van der Waals surface area (Å²) in [5.41, 5.74) is 3.43. The van der Waals surface area contributed by atoms with Gasteiger partial charge in [-0.15, -0.1) is 0 Å². The molecule has 1 aromatic heterocycles. The predicted octanol–water partition coefficient (Wildman–Crippen LogP) is 3.73. The maximum atomic E-state index is 10.3. The summed E-state index contributed by atoms with van der Waals surface area (Å²) < 4.78 is 1.51. The van der Waals surface area contributed by atoms with E-state index < -0.39 is 0 Å².